The number of Topliss-reactive ketones (excluding diaryl/α,β-unsaturated/α-hetero) is 1. The molecule has 1 aromatic carbocycles. The normalized spacial score (nSPS) is 10.4. The number of rotatable bonds is 8. The molecule has 0 aliphatic heterocycles. The summed E-state index contributed by atoms with van der Waals surface area (Å²) in [5.74, 6) is -1.06. The van der Waals surface area contributed by atoms with Crippen LogP contribution in [0.3, 0.4) is 0 Å². The van der Waals surface area contributed by atoms with Gasteiger partial charge in [0, 0.05) is 17.5 Å². The highest BCUT2D eigenvalue weighted by Crippen LogP contribution is 2.43. The molecule has 0 aliphatic rings. The Morgan fingerprint density at radius 2 is 1.28 bits per heavy atom. The molecule has 4 heteroatoms. The van der Waals surface area contributed by atoms with Gasteiger partial charge in [-0.3, -0.25) is 4.79 Å². The van der Waals surface area contributed by atoms with Crippen molar-refractivity contribution < 1.29 is 20.1 Å². The average Bonchev–Trinajstić information content (AvgIpc) is 2.51. The van der Waals surface area contributed by atoms with Crippen LogP contribution in [0.4, 0.5) is 0 Å². The van der Waals surface area contributed by atoms with Crippen molar-refractivity contribution >= 4 is 5.78 Å². The molecule has 1 aromatic rings. The molecular weight excluding hydrogens is 316 g/mol. The van der Waals surface area contributed by atoms with E-state index in [-0.39, 0.29) is 46.1 Å². The summed E-state index contributed by atoms with van der Waals surface area (Å²) in [7, 11) is 0. The first kappa shape index (κ1) is 20.8. The van der Waals surface area contributed by atoms with Crippen LogP contribution in [0.2, 0.25) is 0 Å². The summed E-state index contributed by atoms with van der Waals surface area (Å²) < 4.78 is 0. The summed E-state index contributed by atoms with van der Waals surface area (Å²) >= 11 is 0. The summed E-state index contributed by atoms with van der Waals surface area (Å²) in [5.41, 5.74) is 2.58. The molecule has 0 fully saturated rings. The van der Waals surface area contributed by atoms with Crippen molar-refractivity contribution in [2.45, 2.75) is 66.7 Å². The van der Waals surface area contributed by atoms with Crippen molar-refractivity contribution in [2.75, 3.05) is 0 Å². The molecule has 4 nitrogen and oxygen atoms in total. The number of hydrogen-bond acceptors (Lipinski definition) is 4. The standard InChI is InChI=1S/C21H30O4/c1-6-7-8-17(22)18-20(24)15(11-9-13(2)3)19(23)16(21(18)25)12-10-14(4)5/h9-10,23-25H,6-8,11-12H2,1-5H3. The Kier molecular flexibility index (Phi) is 7.75. The minimum atomic E-state index is -0.311. The van der Waals surface area contributed by atoms with E-state index >= 15 is 0 Å². The van der Waals surface area contributed by atoms with Gasteiger partial charge in [0.15, 0.2) is 5.78 Å². The minimum Gasteiger partial charge on any atom is -0.507 e. The number of ketones is 1. The van der Waals surface area contributed by atoms with Crippen LogP contribution in [0, 0.1) is 0 Å². The van der Waals surface area contributed by atoms with Gasteiger partial charge in [-0.05, 0) is 47.0 Å². The van der Waals surface area contributed by atoms with Gasteiger partial charge in [-0.1, -0.05) is 36.6 Å². The zero-order chi connectivity index (χ0) is 19.1. The molecule has 0 aromatic heterocycles. The van der Waals surface area contributed by atoms with E-state index in [0.29, 0.717) is 19.3 Å². The van der Waals surface area contributed by atoms with Gasteiger partial charge in [-0.15, -0.1) is 0 Å². The van der Waals surface area contributed by atoms with Crippen molar-refractivity contribution in [2.24, 2.45) is 0 Å². The van der Waals surface area contributed by atoms with E-state index in [0.717, 1.165) is 17.6 Å². The van der Waals surface area contributed by atoms with Crippen molar-refractivity contribution in [3.05, 3.63) is 40.0 Å². The fourth-order valence-corrected chi connectivity index (χ4v) is 2.55. The van der Waals surface area contributed by atoms with Gasteiger partial charge in [0.1, 0.15) is 22.8 Å². The van der Waals surface area contributed by atoms with Gasteiger partial charge in [0.25, 0.3) is 0 Å². The van der Waals surface area contributed by atoms with Crippen molar-refractivity contribution in [1.82, 2.24) is 0 Å². The monoisotopic (exact) mass is 346 g/mol. The summed E-state index contributed by atoms with van der Waals surface area (Å²) in [6.07, 6.45) is 6.14. The quantitative estimate of drug-likeness (QED) is 0.447. The SMILES string of the molecule is CCCCC(=O)c1c(O)c(CC=C(C)C)c(O)c(CC=C(C)C)c1O. The average molecular weight is 346 g/mol. The first-order chi connectivity index (χ1) is 11.7. The van der Waals surface area contributed by atoms with E-state index in [4.69, 9.17) is 0 Å². The number of hydrogen-bond donors (Lipinski definition) is 3. The molecule has 0 amide bonds. The first-order valence-corrected chi connectivity index (χ1v) is 8.79. The molecule has 3 N–H and O–H groups in total. The Balaban J connectivity index is 3.55. The maximum atomic E-state index is 12.5. The lowest BCUT2D eigenvalue weighted by atomic mass is 9.92. The van der Waals surface area contributed by atoms with Gasteiger partial charge < -0.3 is 15.3 Å². The molecule has 25 heavy (non-hydrogen) atoms. The number of benzene rings is 1. The lowest BCUT2D eigenvalue weighted by Crippen LogP contribution is -2.05. The van der Waals surface area contributed by atoms with Crippen molar-refractivity contribution in [3.63, 3.8) is 0 Å². The number of phenols is 3. The number of phenolic OH excluding ortho intramolecular Hbond substituents is 3. The van der Waals surface area contributed by atoms with Crippen LogP contribution in [-0.2, 0) is 12.8 Å². The van der Waals surface area contributed by atoms with Gasteiger partial charge >= 0.3 is 0 Å². The predicted octanol–water partition coefficient (Wildman–Crippen LogP) is 5.19. The molecule has 0 atom stereocenters. The second-order valence-corrected chi connectivity index (χ2v) is 6.88. The van der Waals surface area contributed by atoms with Gasteiger partial charge in [0.05, 0.1) is 0 Å². The summed E-state index contributed by atoms with van der Waals surface area (Å²) in [6, 6.07) is 0. The van der Waals surface area contributed by atoms with Crippen LogP contribution >= 0.6 is 0 Å². The number of carbonyl (C=O) groups is 1. The second kappa shape index (κ2) is 9.30. The Morgan fingerprint density at radius 1 is 0.840 bits per heavy atom. The zero-order valence-corrected chi connectivity index (χ0v) is 15.9. The topological polar surface area (TPSA) is 77.8 Å². The van der Waals surface area contributed by atoms with Crippen LogP contribution in [-0.4, -0.2) is 21.1 Å². The fraction of sp³-hybridized carbons (Fsp3) is 0.476. The Morgan fingerprint density at radius 3 is 1.64 bits per heavy atom. The van der Waals surface area contributed by atoms with Crippen LogP contribution < -0.4 is 0 Å². The zero-order valence-electron chi connectivity index (χ0n) is 15.9. The number of aromatic hydroxyl groups is 3. The maximum Gasteiger partial charge on any atom is 0.170 e. The Bertz CT molecular complexity index is 641. The molecule has 0 saturated carbocycles. The lowest BCUT2D eigenvalue weighted by molar-refractivity contribution is 0.0974. The highest BCUT2D eigenvalue weighted by Gasteiger charge is 2.26. The number of unbranched alkanes of at least 4 members (excludes halogenated alkanes) is 1. The van der Waals surface area contributed by atoms with Crippen LogP contribution in [0.15, 0.2) is 23.3 Å². The molecule has 0 heterocycles. The third-order valence-corrected chi connectivity index (χ3v) is 4.08. The van der Waals surface area contributed by atoms with Gasteiger partial charge in [0.2, 0.25) is 0 Å². The largest absolute Gasteiger partial charge is 0.507 e. The molecule has 0 radical (unpaired) electrons. The third-order valence-electron chi connectivity index (χ3n) is 4.08. The summed E-state index contributed by atoms with van der Waals surface area (Å²) in [5, 5.41) is 31.7. The Labute approximate surface area is 150 Å². The molecule has 0 saturated heterocycles. The predicted molar refractivity (Wildman–Crippen MR) is 102 cm³/mol. The first-order valence-electron chi connectivity index (χ1n) is 8.79. The van der Waals surface area contributed by atoms with E-state index in [1.165, 1.54) is 0 Å². The smallest absolute Gasteiger partial charge is 0.170 e. The van der Waals surface area contributed by atoms with E-state index in [1.54, 1.807) is 0 Å². The molecule has 0 unspecified atom stereocenters. The fourth-order valence-electron chi connectivity index (χ4n) is 2.55. The molecule has 0 aliphatic carbocycles. The van der Waals surface area contributed by atoms with Crippen LogP contribution in [0.1, 0.15) is 75.4 Å². The lowest BCUT2D eigenvalue weighted by Gasteiger charge is -2.17. The Hall–Kier alpha value is -2.23. The molecule has 0 bridgehead atoms. The maximum absolute atomic E-state index is 12.5. The van der Waals surface area contributed by atoms with E-state index in [9.17, 15) is 20.1 Å². The van der Waals surface area contributed by atoms with Crippen LogP contribution in [0.25, 0.3) is 0 Å². The molecular formula is C21H30O4. The molecule has 1 rings (SSSR count). The number of allylic oxidation sites excluding steroid dienone is 4. The van der Waals surface area contributed by atoms with Gasteiger partial charge in [-0.2, -0.15) is 0 Å². The molecule has 138 valence electrons. The van der Waals surface area contributed by atoms with Gasteiger partial charge in [-0.25, -0.2) is 0 Å². The summed E-state index contributed by atoms with van der Waals surface area (Å²) in [6.45, 7) is 9.67. The highest BCUT2D eigenvalue weighted by molar-refractivity contribution is 6.02. The van der Waals surface area contributed by atoms with E-state index in [2.05, 4.69) is 0 Å². The number of carbonyl (C=O) groups excluding carboxylic acids is 1. The van der Waals surface area contributed by atoms with Crippen molar-refractivity contribution in [1.29, 1.82) is 0 Å². The van der Waals surface area contributed by atoms with E-state index in [1.807, 2.05) is 46.8 Å². The highest BCUT2D eigenvalue weighted by atomic mass is 16.3. The summed E-state index contributed by atoms with van der Waals surface area (Å²) in [4.78, 5) is 12.5. The minimum absolute atomic E-state index is 0.0689. The second-order valence-electron chi connectivity index (χ2n) is 6.88. The van der Waals surface area contributed by atoms with E-state index < -0.39 is 0 Å². The van der Waals surface area contributed by atoms with Crippen LogP contribution in [0.5, 0.6) is 17.2 Å². The van der Waals surface area contributed by atoms with Crippen molar-refractivity contribution in [3.8, 4) is 17.2 Å². The molecule has 0 spiro atoms. The third kappa shape index (κ3) is 5.38.